The molecule has 0 N–H and O–H groups in total. The minimum Gasteiger partial charge on any atom is -1.00 e. The van der Waals surface area contributed by atoms with E-state index >= 15 is 0 Å². The van der Waals surface area contributed by atoms with E-state index < -0.39 is 0 Å². The molecule has 1 aliphatic rings. The second kappa shape index (κ2) is 14.1. The van der Waals surface area contributed by atoms with Crippen LogP contribution in [0, 0.1) is 13.0 Å². The molecule has 0 aliphatic heterocycles. The van der Waals surface area contributed by atoms with E-state index in [0.29, 0.717) is 5.41 Å². The number of fused-ring (bicyclic) bond motifs is 3. The van der Waals surface area contributed by atoms with Crippen LogP contribution in [0.1, 0.15) is 68.0 Å². The SMILES string of the molecule is C=Cc1c[c-]c2c(c1)-c1cc(C=C)ccc1C2.C[C](C)=[Zr+2].Cc1cc(C(C)(C)C)c[cH-]1.[Cl-].[Cl-]. The molecule has 3 heteroatoms. The van der Waals surface area contributed by atoms with Crippen molar-refractivity contribution in [2.75, 3.05) is 0 Å². The predicted molar refractivity (Wildman–Crippen MR) is 136 cm³/mol. The minimum absolute atomic E-state index is 0. The maximum absolute atomic E-state index is 3.82. The first-order valence-corrected chi connectivity index (χ1v) is 12.0. The zero-order valence-electron chi connectivity index (χ0n) is 20.7. The van der Waals surface area contributed by atoms with Crippen molar-refractivity contribution in [3.8, 4) is 11.1 Å². The number of rotatable bonds is 2. The molecule has 0 atom stereocenters. The van der Waals surface area contributed by atoms with E-state index in [1.807, 2.05) is 18.2 Å². The third kappa shape index (κ3) is 9.40. The van der Waals surface area contributed by atoms with Crippen LogP contribution in [0.4, 0.5) is 0 Å². The Balaban J connectivity index is 0.000000552. The van der Waals surface area contributed by atoms with Gasteiger partial charge in [0.05, 0.1) is 0 Å². The maximum Gasteiger partial charge on any atom is -0.0635 e. The van der Waals surface area contributed by atoms with Crippen molar-refractivity contribution in [3.63, 3.8) is 0 Å². The van der Waals surface area contributed by atoms with Gasteiger partial charge in [-0.3, -0.25) is 0 Å². The molecular formula is C30H34Cl2Zr-2. The number of hydrogen-bond acceptors (Lipinski definition) is 0. The quantitative estimate of drug-likeness (QED) is 0.332. The van der Waals surface area contributed by atoms with E-state index in [0.717, 1.165) is 12.0 Å². The predicted octanol–water partition coefficient (Wildman–Crippen LogP) is 2.11. The molecule has 0 heterocycles. The monoisotopic (exact) mass is 554 g/mol. The zero-order valence-corrected chi connectivity index (χ0v) is 24.6. The van der Waals surface area contributed by atoms with Gasteiger partial charge in [-0.25, -0.2) is 6.07 Å². The summed E-state index contributed by atoms with van der Waals surface area (Å²) < 4.78 is 1.51. The standard InChI is InChI=1S/C17H13.C10H15.C3H6.2ClH.Zr/c1-3-12-5-7-14-11-15-8-6-13(4-2)10-17(15)16(14)9-12;1-8-5-6-9(7-8)10(2,3)4;1-3-2;;;/h3-7,9-10H,1-2,11H2;5-7H,1-4H3;1-2H3;2*1H;/q2*-1;;;;+2/p-2. The summed E-state index contributed by atoms with van der Waals surface area (Å²) in [5.74, 6) is 0. The van der Waals surface area contributed by atoms with Crippen molar-refractivity contribution in [1.29, 1.82) is 0 Å². The molecule has 4 rings (SSSR count). The second-order valence-electron chi connectivity index (χ2n) is 9.25. The third-order valence-corrected chi connectivity index (χ3v) is 5.09. The first kappa shape index (κ1) is 31.6. The van der Waals surface area contributed by atoms with Gasteiger partial charge in [-0.05, 0) is 12.0 Å². The average Bonchev–Trinajstić information content (AvgIpc) is 3.30. The average molecular weight is 557 g/mol. The van der Waals surface area contributed by atoms with Gasteiger partial charge < -0.3 is 24.8 Å². The fourth-order valence-corrected chi connectivity index (χ4v) is 3.39. The van der Waals surface area contributed by atoms with Gasteiger partial charge in [0, 0.05) is 0 Å². The molecule has 0 amide bonds. The Morgan fingerprint density at radius 3 is 2.03 bits per heavy atom. The summed E-state index contributed by atoms with van der Waals surface area (Å²) >= 11 is 1.55. The Hall–Kier alpha value is -1.40. The van der Waals surface area contributed by atoms with E-state index in [-0.39, 0.29) is 24.8 Å². The van der Waals surface area contributed by atoms with Crippen LogP contribution in [0.5, 0.6) is 0 Å². The van der Waals surface area contributed by atoms with E-state index in [9.17, 15) is 0 Å². The normalized spacial score (nSPS) is 10.5. The number of aryl methyl sites for hydroxylation is 1. The van der Waals surface area contributed by atoms with Crippen LogP contribution in [-0.4, -0.2) is 3.21 Å². The molecule has 0 saturated carbocycles. The van der Waals surface area contributed by atoms with E-state index in [1.54, 1.807) is 24.2 Å². The fourth-order valence-electron chi connectivity index (χ4n) is 3.39. The van der Waals surface area contributed by atoms with Crippen LogP contribution in [0.2, 0.25) is 0 Å². The molecule has 0 bridgehead atoms. The largest absolute Gasteiger partial charge is 1.00 e. The summed E-state index contributed by atoms with van der Waals surface area (Å²) in [6.07, 6.45) is 4.74. The molecule has 0 radical (unpaired) electrons. The summed E-state index contributed by atoms with van der Waals surface area (Å²) in [7, 11) is 0. The molecule has 0 aromatic heterocycles. The number of benzene rings is 2. The van der Waals surface area contributed by atoms with Crippen molar-refractivity contribution >= 4 is 15.4 Å². The summed E-state index contributed by atoms with van der Waals surface area (Å²) in [4.78, 5) is 0. The van der Waals surface area contributed by atoms with Gasteiger partial charge in [-0.1, -0.05) is 75.1 Å². The Labute approximate surface area is 228 Å². The molecular weight excluding hydrogens is 522 g/mol. The Morgan fingerprint density at radius 2 is 1.58 bits per heavy atom. The molecule has 3 aromatic carbocycles. The van der Waals surface area contributed by atoms with Crippen molar-refractivity contribution in [2.45, 2.75) is 53.4 Å². The molecule has 0 unspecified atom stereocenters. The zero-order chi connectivity index (χ0) is 23.2. The molecule has 0 saturated heterocycles. The summed E-state index contributed by atoms with van der Waals surface area (Å²) in [6, 6.07) is 20.7. The van der Waals surface area contributed by atoms with Gasteiger partial charge in [0.25, 0.3) is 0 Å². The molecule has 1 aliphatic carbocycles. The van der Waals surface area contributed by atoms with Gasteiger partial charge in [-0.2, -0.15) is 47.0 Å². The van der Waals surface area contributed by atoms with E-state index in [1.165, 1.54) is 42.2 Å². The fraction of sp³-hybridized carbons (Fsp3) is 0.267. The molecule has 174 valence electrons. The maximum atomic E-state index is 3.82. The Bertz CT molecular complexity index is 1020. The van der Waals surface area contributed by atoms with Crippen LogP contribution in [-0.2, 0) is 36.1 Å². The van der Waals surface area contributed by atoms with Gasteiger partial charge in [0.15, 0.2) is 0 Å². The molecule has 3 aromatic rings. The number of halogens is 2. The van der Waals surface area contributed by atoms with Crippen LogP contribution < -0.4 is 24.8 Å². The smallest absolute Gasteiger partial charge is 0.0635 e. The van der Waals surface area contributed by atoms with E-state index in [4.69, 9.17) is 0 Å². The minimum atomic E-state index is 0. The Morgan fingerprint density at radius 1 is 1.00 bits per heavy atom. The van der Waals surface area contributed by atoms with Crippen LogP contribution in [0.3, 0.4) is 0 Å². The van der Waals surface area contributed by atoms with Gasteiger partial charge in [-0.15, -0.1) is 23.8 Å². The molecule has 0 fully saturated rings. The van der Waals surface area contributed by atoms with Crippen molar-refractivity contribution in [2.24, 2.45) is 0 Å². The van der Waals surface area contributed by atoms with Crippen LogP contribution in [0.25, 0.3) is 23.3 Å². The molecule has 0 spiro atoms. The van der Waals surface area contributed by atoms with E-state index in [2.05, 4.69) is 103 Å². The summed E-state index contributed by atoms with van der Waals surface area (Å²) in [5, 5.41) is 0. The molecule has 0 nitrogen and oxygen atoms in total. The molecule has 33 heavy (non-hydrogen) atoms. The summed E-state index contributed by atoms with van der Waals surface area (Å²) in [6.45, 7) is 20.7. The van der Waals surface area contributed by atoms with Crippen molar-refractivity contribution in [3.05, 3.63) is 101 Å². The van der Waals surface area contributed by atoms with Gasteiger partial charge >= 0.3 is 41.3 Å². The van der Waals surface area contributed by atoms with Crippen molar-refractivity contribution in [1.82, 2.24) is 0 Å². The first-order valence-electron chi connectivity index (χ1n) is 10.7. The van der Waals surface area contributed by atoms with Gasteiger partial charge in [0.2, 0.25) is 0 Å². The van der Waals surface area contributed by atoms with Crippen LogP contribution >= 0.6 is 0 Å². The first-order chi connectivity index (χ1) is 14.5. The van der Waals surface area contributed by atoms with Crippen molar-refractivity contribution < 1.29 is 49.0 Å². The summed E-state index contributed by atoms with van der Waals surface area (Å²) in [5.41, 5.74) is 10.7. The second-order valence-corrected chi connectivity index (χ2v) is 11.7. The third-order valence-electron chi connectivity index (χ3n) is 5.09. The topological polar surface area (TPSA) is 0 Å². The number of hydrogen-bond donors (Lipinski definition) is 0. The van der Waals surface area contributed by atoms with Crippen LogP contribution in [0.15, 0.2) is 61.7 Å². The Kier molecular flexibility index (Phi) is 13.5. The van der Waals surface area contributed by atoms with Gasteiger partial charge in [0.1, 0.15) is 0 Å².